The molecule has 2 N–H and O–H groups in total. The molecule has 0 aliphatic heterocycles. The number of hydrogen-bond donors (Lipinski definition) is 2. The van der Waals surface area contributed by atoms with Gasteiger partial charge in [-0.2, -0.15) is 13.2 Å². The van der Waals surface area contributed by atoms with Crippen LogP contribution in [-0.4, -0.2) is 30.7 Å². The number of carbonyl (C=O) groups excluding carboxylic acids is 2. The molecule has 3 rings (SSSR count). The maximum absolute atomic E-state index is 13.0. The van der Waals surface area contributed by atoms with Gasteiger partial charge in [0.2, 0.25) is 5.88 Å². The van der Waals surface area contributed by atoms with Crippen molar-refractivity contribution in [3.8, 4) is 17.4 Å². The number of amides is 2. The molecule has 0 radical (unpaired) electrons. The van der Waals surface area contributed by atoms with E-state index in [1.54, 1.807) is 19.1 Å². The van der Waals surface area contributed by atoms with Gasteiger partial charge in [-0.3, -0.25) is 0 Å². The van der Waals surface area contributed by atoms with E-state index in [0.29, 0.717) is 11.4 Å². The van der Waals surface area contributed by atoms with E-state index in [0.717, 1.165) is 18.2 Å². The number of methoxy groups -OCH3 is 1. The van der Waals surface area contributed by atoms with E-state index in [-0.39, 0.29) is 29.5 Å². The number of esters is 1. The minimum atomic E-state index is -4.57. The Morgan fingerprint density at radius 2 is 1.74 bits per heavy atom. The van der Waals surface area contributed by atoms with Crippen LogP contribution in [0.15, 0.2) is 60.8 Å². The van der Waals surface area contributed by atoms with Crippen molar-refractivity contribution in [1.29, 1.82) is 0 Å². The summed E-state index contributed by atoms with van der Waals surface area (Å²) in [5, 5.41) is 4.86. The van der Waals surface area contributed by atoms with E-state index in [9.17, 15) is 22.8 Å². The molecule has 0 aliphatic carbocycles. The van der Waals surface area contributed by atoms with Crippen LogP contribution in [0, 0.1) is 0 Å². The van der Waals surface area contributed by atoms with Crippen LogP contribution in [0.25, 0.3) is 0 Å². The van der Waals surface area contributed by atoms with Crippen molar-refractivity contribution in [2.75, 3.05) is 24.4 Å². The van der Waals surface area contributed by atoms with E-state index in [4.69, 9.17) is 14.2 Å². The topological polar surface area (TPSA) is 98.8 Å². The van der Waals surface area contributed by atoms with Gasteiger partial charge in [-0.1, -0.05) is 0 Å². The Morgan fingerprint density at radius 3 is 2.32 bits per heavy atom. The Kier molecular flexibility index (Phi) is 7.57. The summed E-state index contributed by atoms with van der Waals surface area (Å²) in [6, 6.07) is 11.2. The Bertz CT molecular complexity index is 1150. The predicted octanol–water partition coefficient (Wildman–Crippen LogP) is 5.72. The maximum Gasteiger partial charge on any atom is 0.416 e. The van der Waals surface area contributed by atoms with Crippen LogP contribution in [0.4, 0.5) is 29.3 Å². The minimum absolute atomic E-state index is 0.0772. The minimum Gasteiger partial charge on any atom is -0.495 e. The molecule has 11 heteroatoms. The lowest BCUT2D eigenvalue weighted by Crippen LogP contribution is -2.20. The molecule has 0 saturated heterocycles. The smallest absolute Gasteiger partial charge is 0.416 e. The van der Waals surface area contributed by atoms with Crippen molar-refractivity contribution in [3.05, 3.63) is 71.9 Å². The molecule has 8 nitrogen and oxygen atoms in total. The van der Waals surface area contributed by atoms with Crippen LogP contribution in [0.2, 0.25) is 0 Å². The predicted molar refractivity (Wildman–Crippen MR) is 117 cm³/mol. The van der Waals surface area contributed by atoms with Crippen LogP contribution < -0.4 is 20.1 Å². The molecular formula is C23H20F3N3O5. The highest BCUT2D eigenvalue weighted by molar-refractivity contribution is 6.00. The molecule has 2 aromatic carbocycles. The number of benzene rings is 2. The number of urea groups is 1. The number of carbonyl (C=O) groups is 2. The van der Waals surface area contributed by atoms with Crippen molar-refractivity contribution in [2.24, 2.45) is 0 Å². The number of nitrogens with zero attached hydrogens (tertiary/aromatic N) is 1. The third-order valence-electron chi connectivity index (χ3n) is 4.36. The number of alkyl halides is 3. The highest BCUT2D eigenvalue weighted by Gasteiger charge is 2.31. The number of rotatable bonds is 7. The fraction of sp³-hybridized carbons (Fsp3) is 0.174. The van der Waals surface area contributed by atoms with Crippen LogP contribution in [0.3, 0.4) is 0 Å². The van der Waals surface area contributed by atoms with Gasteiger partial charge < -0.3 is 24.8 Å². The second kappa shape index (κ2) is 10.6. The SMILES string of the molecule is CCOC(=O)c1ccc(Oc2ccc(NC(=O)Nc3cc(C(F)(F)F)ccc3OC)cc2)nc1. The van der Waals surface area contributed by atoms with Crippen LogP contribution >= 0.6 is 0 Å². The van der Waals surface area contributed by atoms with Gasteiger partial charge in [-0.25, -0.2) is 14.6 Å². The first kappa shape index (κ1) is 24.4. The normalized spacial score (nSPS) is 10.9. The summed E-state index contributed by atoms with van der Waals surface area (Å²) in [4.78, 5) is 28.0. The number of hydrogen-bond acceptors (Lipinski definition) is 6. The van der Waals surface area contributed by atoms with Crippen LogP contribution in [0.1, 0.15) is 22.8 Å². The van der Waals surface area contributed by atoms with Crippen molar-refractivity contribution < 1.29 is 37.0 Å². The van der Waals surface area contributed by atoms with E-state index in [1.807, 2.05) is 0 Å². The summed E-state index contributed by atoms with van der Waals surface area (Å²) in [5.74, 6) is 0.233. The first-order valence-corrected chi connectivity index (χ1v) is 9.94. The van der Waals surface area contributed by atoms with Crippen LogP contribution in [0.5, 0.6) is 17.4 Å². The summed E-state index contributed by atoms with van der Waals surface area (Å²) < 4.78 is 54.4. The molecule has 34 heavy (non-hydrogen) atoms. The van der Waals surface area contributed by atoms with Crippen molar-refractivity contribution in [3.63, 3.8) is 0 Å². The van der Waals surface area contributed by atoms with E-state index < -0.39 is 23.7 Å². The van der Waals surface area contributed by atoms with Gasteiger partial charge in [0.25, 0.3) is 0 Å². The molecule has 0 bridgehead atoms. The van der Waals surface area contributed by atoms with Crippen molar-refractivity contribution >= 4 is 23.4 Å². The molecule has 1 aromatic heterocycles. The Morgan fingerprint density at radius 1 is 1.00 bits per heavy atom. The number of ether oxygens (including phenoxy) is 3. The van der Waals surface area contributed by atoms with E-state index in [1.165, 1.54) is 37.6 Å². The molecule has 0 fully saturated rings. The molecule has 3 aromatic rings. The number of halogens is 3. The average Bonchev–Trinajstić information content (AvgIpc) is 2.80. The third kappa shape index (κ3) is 6.37. The molecule has 0 aliphatic rings. The standard InChI is InChI=1S/C23H20F3N3O5/c1-3-33-21(30)14-4-11-20(27-13-14)34-17-8-6-16(7-9-17)28-22(31)29-18-12-15(23(24,25)26)5-10-19(18)32-2/h4-13H,3H2,1-2H3,(H2,28,29,31). The number of aromatic nitrogens is 1. The average molecular weight is 475 g/mol. The largest absolute Gasteiger partial charge is 0.495 e. The summed E-state index contributed by atoms with van der Waals surface area (Å²) in [6.07, 6.45) is -3.24. The lowest BCUT2D eigenvalue weighted by Gasteiger charge is -2.14. The molecular weight excluding hydrogens is 455 g/mol. The van der Waals surface area contributed by atoms with Gasteiger partial charge >= 0.3 is 18.2 Å². The highest BCUT2D eigenvalue weighted by atomic mass is 19.4. The van der Waals surface area contributed by atoms with Gasteiger partial charge in [0.15, 0.2) is 0 Å². The third-order valence-corrected chi connectivity index (χ3v) is 4.36. The Balaban J connectivity index is 1.61. The van der Waals surface area contributed by atoms with Gasteiger partial charge in [0.1, 0.15) is 11.5 Å². The number of anilines is 2. The fourth-order valence-electron chi connectivity index (χ4n) is 2.77. The zero-order valence-corrected chi connectivity index (χ0v) is 18.1. The fourth-order valence-corrected chi connectivity index (χ4v) is 2.77. The summed E-state index contributed by atoms with van der Waals surface area (Å²) in [7, 11) is 1.28. The van der Waals surface area contributed by atoms with Crippen molar-refractivity contribution in [1.82, 2.24) is 4.98 Å². The molecule has 0 saturated carbocycles. The first-order chi connectivity index (χ1) is 16.2. The Labute approximate surface area is 192 Å². The zero-order chi connectivity index (χ0) is 24.7. The molecule has 1 heterocycles. The molecule has 0 spiro atoms. The summed E-state index contributed by atoms with van der Waals surface area (Å²) in [6.45, 7) is 1.95. The lowest BCUT2D eigenvalue weighted by molar-refractivity contribution is -0.137. The van der Waals surface area contributed by atoms with Crippen molar-refractivity contribution in [2.45, 2.75) is 13.1 Å². The quantitative estimate of drug-likeness (QED) is 0.424. The van der Waals surface area contributed by atoms with E-state index >= 15 is 0 Å². The molecule has 0 atom stereocenters. The molecule has 0 unspecified atom stereocenters. The van der Waals surface area contributed by atoms with Gasteiger partial charge in [0.05, 0.1) is 30.5 Å². The lowest BCUT2D eigenvalue weighted by atomic mass is 10.2. The van der Waals surface area contributed by atoms with E-state index in [2.05, 4.69) is 15.6 Å². The molecule has 2 amide bonds. The Hall–Kier alpha value is -4.28. The van der Waals surface area contributed by atoms with Crippen LogP contribution in [-0.2, 0) is 10.9 Å². The van der Waals surface area contributed by atoms with Gasteiger partial charge in [0, 0.05) is 18.0 Å². The maximum atomic E-state index is 13.0. The van der Waals surface area contributed by atoms with Gasteiger partial charge in [-0.05, 0) is 55.5 Å². The summed E-state index contributed by atoms with van der Waals surface area (Å²) >= 11 is 0. The molecule has 178 valence electrons. The number of pyridine rings is 1. The second-order valence-corrected chi connectivity index (χ2v) is 6.72. The summed E-state index contributed by atoms with van der Waals surface area (Å²) in [5.41, 5.74) is -0.403. The van der Waals surface area contributed by atoms with Gasteiger partial charge in [-0.15, -0.1) is 0 Å². The highest BCUT2D eigenvalue weighted by Crippen LogP contribution is 2.35. The monoisotopic (exact) mass is 475 g/mol. The second-order valence-electron chi connectivity index (χ2n) is 6.72. The number of nitrogens with one attached hydrogen (secondary N) is 2. The zero-order valence-electron chi connectivity index (χ0n) is 18.1. The first-order valence-electron chi connectivity index (χ1n) is 9.94.